The van der Waals surface area contributed by atoms with Crippen LogP contribution in [0.2, 0.25) is 0 Å². The minimum Gasteiger partial charge on any atom is -0.321 e. The van der Waals surface area contributed by atoms with Gasteiger partial charge in [0.1, 0.15) is 12.6 Å². The summed E-state index contributed by atoms with van der Waals surface area (Å²) in [5, 5.41) is 2.24. The highest BCUT2D eigenvalue weighted by molar-refractivity contribution is 6.04. The van der Waals surface area contributed by atoms with Crippen LogP contribution >= 0.6 is 0 Å². The molecule has 1 heterocycles. The molecule has 0 aromatic rings. The van der Waals surface area contributed by atoms with E-state index in [0.717, 1.165) is 0 Å². The zero-order valence-electron chi connectivity index (χ0n) is 8.78. The Morgan fingerprint density at radius 2 is 2.40 bits per heavy atom. The number of nitrogens with one attached hydrogen (secondary N) is 2. The fraction of sp³-hybridized carbons (Fsp3) is 0.625. The highest BCUT2D eigenvalue weighted by atomic mass is 16.2. The van der Waals surface area contributed by atoms with E-state index in [1.54, 1.807) is 6.92 Å². The van der Waals surface area contributed by atoms with E-state index in [1.807, 2.05) is 6.92 Å². The van der Waals surface area contributed by atoms with Crippen LogP contribution in [0.15, 0.2) is 4.99 Å². The van der Waals surface area contributed by atoms with Gasteiger partial charge >= 0.3 is 0 Å². The van der Waals surface area contributed by atoms with E-state index in [4.69, 9.17) is 5.84 Å². The normalized spacial score (nSPS) is 22.7. The molecule has 0 aromatic carbocycles. The molecule has 1 unspecified atom stereocenters. The smallest absolute Gasteiger partial charge is 0.249 e. The highest BCUT2D eigenvalue weighted by Crippen LogP contribution is 2.04. The topological polar surface area (TPSA) is 99.8 Å². The lowest BCUT2D eigenvalue weighted by molar-refractivity contribution is -0.137. The zero-order valence-corrected chi connectivity index (χ0v) is 8.78. The lowest BCUT2D eigenvalue weighted by atomic mass is 10.2. The van der Waals surface area contributed by atoms with E-state index in [9.17, 15) is 9.59 Å². The number of imide groups is 1. The first-order chi connectivity index (χ1) is 7.10. The van der Waals surface area contributed by atoms with Crippen molar-refractivity contribution in [1.82, 2.24) is 15.6 Å². The first-order valence-electron chi connectivity index (χ1n) is 4.71. The zero-order chi connectivity index (χ0) is 11.4. The van der Waals surface area contributed by atoms with Gasteiger partial charge in [0.05, 0.1) is 0 Å². The van der Waals surface area contributed by atoms with Gasteiger partial charge in [-0.1, -0.05) is 0 Å². The Kier molecular flexibility index (Phi) is 3.62. The number of hydrogen-bond acceptors (Lipinski definition) is 4. The van der Waals surface area contributed by atoms with Crippen LogP contribution in [-0.2, 0) is 9.59 Å². The lowest BCUT2D eigenvalue weighted by Crippen LogP contribution is -2.61. The van der Waals surface area contributed by atoms with E-state index in [2.05, 4.69) is 15.7 Å². The molecule has 84 valence electrons. The van der Waals surface area contributed by atoms with Gasteiger partial charge in [0.25, 0.3) is 0 Å². The van der Waals surface area contributed by atoms with Gasteiger partial charge in [-0.15, -0.1) is 0 Å². The number of rotatable bonds is 1. The van der Waals surface area contributed by atoms with Crippen molar-refractivity contribution in [2.75, 3.05) is 13.1 Å². The van der Waals surface area contributed by atoms with Crippen LogP contribution < -0.4 is 16.6 Å². The van der Waals surface area contributed by atoms with Gasteiger partial charge in [-0.3, -0.25) is 25.3 Å². The van der Waals surface area contributed by atoms with E-state index in [0.29, 0.717) is 12.5 Å². The van der Waals surface area contributed by atoms with Gasteiger partial charge in [0.15, 0.2) is 0 Å². The van der Waals surface area contributed by atoms with Gasteiger partial charge in [-0.25, -0.2) is 5.84 Å². The van der Waals surface area contributed by atoms with E-state index < -0.39 is 6.04 Å². The molecule has 0 radical (unpaired) electrons. The fourth-order valence-corrected chi connectivity index (χ4v) is 1.34. The van der Waals surface area contributed by atoms with Crippen molar-refractivity contribution in [2.45, 2.75) is 19.9 Å². The molecule has 15 heavy (non-hydrogen) atoms. The summed E-state index contributed by atoms with van der Waals surface area (Å²) < 4.78 is 0. The molecule has 0 spiro atoms. The van der Waals surface area contributed by atoms with E-state index in [-0.39, 0.29) is 18.4 Å². The molecule has 7 nitrogen and oxygen atoms in total. The van der Waals surface area contributed by atoms with Crippen LogP contribution in [-0.4, -0.2) is 41.8 Å². The molecule has 1 fully saturated rings. The molecule has 1 aliphatic rings. The molecular formula is C8H15N5O2. The van der Waals surface area contributed by atoms with Gasteiger partial charge in [0, 0.05) is 6.54 Å². The first-order valence-corrected chi connectivity index (χ1v) is 4.71. The van der Waals surface area contributed by atoms with Crippen molar-refractivity contribution in [3.63, 3.8) is 0 Å². The first kappa shape index (κ1) is 11.4. The molecule has 2 amide bonds. The standard InChI is InChI=1S/C8H15N5O2/c1-3-10-8(12-9)13-4-6(14)11-7(15)5(13)2/h5H,3-4,9H2,1-2H3,(H,10,12)(H,11,14,15). The molecule has 1 atom stereocenters. The summed E-state index contributed by atoms with van der Waals surface area (Å²) in [6.45, 7) is 4.13. The van der Waals surface area contributed by atoms with Crippen molar-refractivity contribution in [1.29, 1.82) is 0 Å². The number of guanidine groups is 1. The number of hydrogen-bond donors (Lipinski definition) is 3. The highest BCUT2D eigenvalue weighted by Gasteiger charge is 2.31. The van der Waals surface area contributed by atoms with Crippen molar-refractivity contribution in [3.05, 3.63) is 0 Å². The number of hydrazine groups is 1. The van der Waals surface area contributed by atoms with Crippen molar-refractivity contribution in [2.24, 2.45) is 10.8 Å². The number of aliphatic imine (C=N–C) groups is 1. The van der Waals surface area contributed by atoms with Crippen molar-refractivity contribution >= 4 is 17.8 Å². The molecule has 0 aromatic heterocycles. The number of nitrogens with two attached hydrogens (primary N) is 1. The number of carbonyl (C=O) groups is 2. The van der Waals surface area contributed by atoms with Crippen molar-refractivity contribution in [3.8, 4) is 0 Å². The Balaban J connectivity index is 2.86. The Morgan fingerprint density at radius 3 is 2.93 bits per heavy atom. The van der Waals surface area contributed by atoms with Crippen LogP contribution in [0, 0.1) is 0 Å². The van der Waals surface area contributed by atoms with E-state index in [1.165, 1.54) is 4.90 Å². The third-order valence-corrected chi connectivity index (χ3v) is 2.13. The summed E-state index contributed by atoms with van der Waals surface area (Å²) >= 11 is 0. The molecule has 7 heteroatoms. The monoisotopic (exact) mass is 213 g/mol. The third kappa shape index (κ3) is 2.44. The number of piperazine rings is 1. The molecule has 4 N–H and O–H groups in total. The maximum atomic E-state index is 11.3. The molecule has 0 aliphatic carbocycles. The van der Waals surface area contributed by atoms with Crippen LogP contribution in [0.3, 0.4) is 0 Å². The SMILES string of the molecule is CCN=C(NN)N1CC(=O)NC(=O)C1C. The molecule has 0 bridgehead atoms. The van der Waals surface area contributed by atoms with Gasteiger partial charge in [-0.2, -0.15) is 0 Å². The summed E-state index contributed by atoms with van der Waals surface area (Å²) in [4.78, 5) is 28.1. The summed E-state index contributed by atoms with van der Waals surface area (Å²) in [5.41, 5.74) is 2.39. The predicted molar refractivity (Wildman–Crippen MR) is 54.6 cm³/mol. The number of nitrogens with zero attached hydrogens (tertiary/aromatic N) is 2. The number of carbonyl (C=O) groups excluding carboxylic acids is 2. The van der Waals surface area contributed by atoms with Crippen LogP contribution in [0.1, 0.15) is 13.8 Å². The van der Waals surface area contributed by atoms with E-state index >= 15 is 0 Å². The molecular weight excluding hydrogens is 198 g/mol. The fourth-order valence-electron chi connectivity index (χ4n) is 1.34. The van der Waals surface area contributed by atoms with Gasteiger partial charge in [0.2, 0.25) is 17.8 Å². The summed E-state index contributed by atoms with van der Waals surface area (Å²) in [6.07, 6.45) is 0. The second kappa shape index (κ2) is 4.74. The minimum atomic E-state index is -0.455. The quantitative estimate of drug-likeness (QED) is 0.156. The largest absolute Gasteiger partial charge is 0.321 e. The van der Waals surface area contributed by atoms with Crippen LogP contribution in [0.4, 0.5) is 0 Å². The summed E-state index contributed by atoms with van der Waals surface area (Å²) in [6, 6.07) is -0.455. The maximum absolute atomic E-state index is 11.3. The van der Waals surface area contributed by atoms with Crippen LogP contribution in [0.5, 0.6) is 0 Å². The Morgan fingerprint density at radius 1 is 1.73 bits per heavy atom. The average Bonchev–Trinajstić information content (AvgIpc) is 2.20. The summed E-state index contributed by atoms with van der Waals surface area (Å²) in [7, 11) is 0. The average molecular weight is 213 g/mol. The molecule has 1 saturated heterocycles. The third-order valence-electron chi connectivity index (χ3n) is 2.13. The Hall–Kier alpha value is -1.63. The Labute approximate surface area is 87.7 Å². The van der Waals surface area contributed by atoms with Gasteiger partial charge < -0.3 is 4.90 Å². The van der Waals surface area contributed by atoms with Gasteiger partial charge in [-0.05, 0) is 13.8 Å². The molecule has 0 saturated carbocycles. The summed E-state index contributed by atoms with van der Waals surface area (Å²) in [5.74, 6) is 4.94. The maximum Gasteiger partial charge on any atom is 0.249 e. The lowest BCUT2D eigenvalue weighted by Gasteiger charge is -2.33. The minimum absolute atomic E-state index is 0.0793. The molecule has 1 aliphatic heterocycles. The predicted octanol–water partition coefficient (Wildman–Crippen LogP) is -1.83. The molecule has 1 rings (SSSR count). The second-order valence-corrected chi connectivity index (χ2v) is 3.16. The second-order valence-electron chi connectivity index (χ2n) is 3.16. The van der Waals surface area contributed by atoms with Crippen LogP contribution in [0.25, 0.3) is 0 Å². The number of amides is 2. The Bertz CT molecular complexity index is 301. The van der Waals surface area contributed by atoms with Crippen molar-refractivity contribution < 1.29 is 9.59 Å².